The van der Waals surface area contributed by atoms with E-state index >= 15 is 0 Å². The van der Waals surface area contributed by atoms with Crippen molar-refractivity contribution in [3.63, 3.8) is 0 Å². The molecule has 2 heterocycles. The van der Waals surface area contributed by atoms with E-state index in [0.717, 1.165) is 25.3 Å². The molecule has 1 aromatic carbocycles. The fraction of sp³-hybridized carbons (Fsp3) is 0.312. The van der Waals surface area contributed by atoms with E-state index in [1.807, 2.05) is 6.07 Å². The molecule has 0 amide bonds. The molecule has 1 aliphatic heterocycles. The highest BCUT2D eigenvalue weighted by molar-refractivity contribution is 5.64. The standard InChI is InChI=1S/C16H19N3O/c1-20-15-8-7-14(17)16(18-15)19-10-9-13(11-19)12-5-3-2-4-6-12/h2-8,13H,9-11,17H2,1H3. The molecule has 4 heteroatoms. The average Bonchev–Trinajstić information content (AvgIpc) is 2.98. The van der Waals surface area contributed by atoms with E-state index in [0.29, 0.717) is 17.5 Å². The molecular formula is C16H19N3O. The Labute approximate surface area is 119 Å². The topological polar surface area (TPSA) is 51.4 Å². The van der Waals surface area contributed by atoms with E-state index in [1.54, 1.807) is 13.2 Å². The highest BCUT2D eigenvalue weighted by atomic mass is 16.5. The molecule has 1 unspecified atom stereocenters. The molecule has 0 aliphatic carbocycles. The van der Waals surface area contributed by atoms with Gasteiger partial charge in [0, 0.05) is 25.1 Å². The maximum Gasteiger partial charge on any atom is 0.215 e. The van der Waals surface area contributed by atoms with Gasteiger partial charge in [0.2, 0.25) is 5.88 Å². The molecule has 0 radical (unpaired) electrons. The van der Waals surface area contributed by atoms with Crippen LogP contribution in [0.4, 0.5) is 11.5 Å². The number of pyridine rings is 1. The highest BCUT2D eigenvalue weighted by Crippen LogP contribution is 2.33. The predicted octanol–water partition coefficient (Wildman–Crippen LogP) is 2.67. The van der Waals surface area contributed by atoms with Crippen LogP contribution in [0.2, 0.25) is 0 Å². The van der Waals surface area contributed by atoms with E-state index < -0.39 is 0 Å². The third-order valence-corrected chi connectivity index (χ3v) is 3.85. The zero-order chi connectivity index (χ0) is 13.9. The summed E-state index contributed by atoms with van der Waals surface area (Å²) in [5, 5.41) is 0. The van der Waals surface area contributed by atoms with Crippen LogP contribution in [0.5, 0.6) is 5.88 Å². The second kappa shape index (κ2) is 5.41. The first-order valence-electron chi connectivity index (χ1n) is 6.88. The number of nitrogen functional groups attached to an aromatic ring is 1. The summed E-state index contributed by atoms with van der Waals surface area (Å²) in [7, 11) is 1.62. The summed E-state index contributed by atoms with van der Waals surface area (Å²) in [5.74, 6) is 1.99. The minimum atomic E-state index is 0.545. The number of rotatable bonds is 3. The summed E-state index contributed by atoms with van der Waals surface area (Å²) in [6.45, 7) is 1.93. The van der Waals surface area contributed by atoms with Gasteiger partial charge in [-0.2, -0.15) is 4.98 Å². The van der Waals surface area contributed by atoms with Crippen molar-refractivity contribution in [2.75, 3.05) is 30.8 Å². The molecular weight excluding hydrogens is 250 g/mol. The molecule has 104 valence electrons. The lowest BCUT2D eigenvalue weighted by Gasteiger charge is -2.20. The molecule has 3 rings (SSSR count). The average molecular weight is 269 g/mol. The van der Waals surface area contributed by atoms with Gasteiger partial charge in [0.05, 0.1) is 12.8 Å². The van der Waals surface area contributed by atoms with Crippen LogP contribution >= 0.6 is 0 Å². The quantitative estimate of drug-likeness (QED) is 0.930. The van der Waals surface area contributed by atoms with E-state index in [2.05, 4.69) is 40.2 Å². The molecule has 2 aromatic rings. The molecule has 20 heavy (non-hydrogen) atoms. The van der Waals surface area contributed by atoms with Crippen molar-refractivity contribution >= 4 is 11.5 Å². The monoisotopic (exact) mass is 269 g/mol. The number of aromatic nitrogens is 1. The van der Waals surface area contributed by atoms with Gasteiger partial charge in [0.25, 0.3) is 0 Å². The second-order valence-electron chi connectivity index (χ2n) is 5.11. The van der Waals surface area contributed by atoms with Gasteiger partial charge in [0.15, 0.2) is 5.82 Å². The Morgan fingerprint density at radius 3 is 2.75 bits per heavy atom. The van der Waals surface area contributed by atoms with Gasteiger partial charge in [-0.15, -0.1) is 0 Å². The van der Waals surface area contributed by atoms with E-state index in [-0.39, 0.29) is 0 Å². The Balaban J connectivity index is 1.80. The van der Waals surface area contributed by atoms with Crippen molar-refractivity contribution < 1.29 is 4.74 Å². The fourth-order valence-corrected chi connectivity index (χ4v) is 2.76. The van der Waals surface area contributed by atoms with Gasteiger partial charge >= 0.3 is 0 Å². The SMILES string of the molecule is COc1ccc(N)c(N2CCC(c3ccccc3)C2)n1. The number of hydrogen-bond acceptors (Lipinski definition) is 4. The Morgan fingerprint density at radius 1 is 1.20 bits per heavy atom. The summed E-state index contributed by atoms with van der Waals surface area (Å²) in [6, 6.07) is 14.3. The van der Waals surface area contributed by atoms with Crippen LogP contribution in [-0.2, 0) is 0 Å². The Bertz CT molecular complexity index is 586. The summed E-state index contributed by atoms with van der Waals surface area (Å²) < 4.78 is 5.19. The van der Waals surface area contributed by atoms with Crippen LogP contribution in [0.15, 0.2) is 42.5 Å². The number of nitrogens with zero attached hydrogens (tertiary/aromatic N) is 2. The van der Waals surface area contributed by atoms with Crippen LogP contribution < -0.4 is 15.4 Å². The fourth-order valence-electron chi connectivity index (χ4n) is 2.76. The van der Waals surface area contributed by atoms with Crippen molar-refractivity contribution in [2.24, 2.45) is 0 Å². The Morgan fingerprint density at radius 2 is 2.00 bits per heavy atom. The summed E-state index contributed by atoms with van der Waals surface area (Å²) in [6.07, 6.45) is 1.13. The molecule has 0 bridgehead atoms. The van der Waals surface area contributed by atoms with Gasteiger partial charge in [-0.3, -0.25) is 0 Å². The van der Waals surface area contributed by atoms with Gasteiger partial charge in [-0.25, -0.2) is 0 Å². The van der Waals surface area contributed by atoms with Crippen molar-refractivity contribution in [1.29, 1.82) is 0 Å². The van der Waals surface area contributed by atoms with Crippen molar-refractivity contribution in [1.82, 2.24) is 4.98 Å². The molecule has 0 saturated carbocycles. The van der Waals surface area contributed by atoms with Crippen molar-refractivity contribution in [3.8, 4) is 5.88 Å². The maximum absolute atomic E-state index is 6.05. The zero-order valence-electron chi connectivity index (χ0n) is 11.6. The van der Waals surface area contributed by atoms with E-state index in [1.165, 1.54) is 5.56 Å². The van der Waals surface area contributed by atoms with Gasteiger partial charge in [-0.05, 0) is 18.1 Å². The summed E-state index contributed by atoms with van der Waals surface area (Å²) in [5.41, 5.74) is 8.14. The number of nitrogens with two attached hydrogens (primary N) is 1. The number of ether oxygens (including phenoxy) is 1. The van der Waals surface area contributed by atoms with Crippen LogP contribution in [0.3, 0.4) is 0 Å². The van der Waals surface area contributed by atoms with Crippen molar-refractivity contribution in [2.45, 2.75) is 12.3 Å². The lowest BCUT2D eigenvalue weighted by atomic mass is 9.99. The minimum absolute atomic E-state index is 0.545. The molecule has 1 aliphatic rings. The number of anilines is 2. The molecule has 1 aromatic heterocycles. The van der Waals surface area contributed by atoms with Gasteiger partial charge in [-0.1, -0.05) is 30.3 Å². The lowest BCUT2D eigenvalue weighted by molar-refractivity contribution is 0.398. The highest BCUT2D eigenvalue weighted by Gasteiger charge is 2.26. The third-order valence-electron chi connectivity index (χ3n) is 3.85. The predicted molar refractivity (Wildman–Crippen MR) is 81.2 cm³/mol. The normalized spacial score (nSPS) is 18.2. The van der Waals surface area contributed by atoms with E-state index in [9.17, 15) is 0 Å². The summed E-state index contributed by atoms with van der Waals surface area (Å²) in [4.78, 5) is 6.73. The Kier molecular flexibility index (Phi) is 3.46. The number of benzene rings is 1. The molecule has 0 spiro atoms. The molecule has 1 atom stereocenters. The molecule has 1 saturated heterocycles. The maximum atomic E-state index is 6.05. The third kappa shape index (κ3) is 2.41. The first kappa shape index (κ1) is 12.8. The second-order valence-corrected chi connectivity index (χ2v) is 5.11. The van der Waals surface area contributed by atoms with Gasteiger partial charge in [0.1, 0.15) is 0 Å². The smallest absolute Gasteiger partial charge is 0.215 e. The number of methoxy groups -OCH3 is 1. The molecule has 1 fully saturated rings. The lowest BCUT2D eigenvalue weighted by Crippen LogP contribution is -2.21. The zero-order valence-corrected chi connectivity index (χ0v) is 11.6. The van der Waals surface area contributed by atoms with Crippen LogP contribution in [0.25, 0.3) is 0 Å². The largest absolute Gasteiger partial charge is 0.481 e. The van der Waals surface area contributed by atoms with Crippen LogP contribution in [0.1, 0.15) is 17.9 Å². The minimum Gasteiger partial charge on any atom is -0.481 e. The van der Waals surface area contributed by atoms with Gasteiger partial charge < -0.3 is 15.4 Å². The van der Waals surface area contributed by atoms with E-state index in [4.69, 9.17) is 10.5 Å². The molecule has 4 nitrogen and oxygen atoms in total. The van der Waals surface area contributed by atoms with Crippen molar-refractivity contribution in [3.05, 3.63) is 48.0 Å². The first-order chi connectivity index (χ1) is 9.78. The van der Waals surface area contributed by atoms with Crippen LogP contribution in [-0.4, -0.2) is 25.2 Å². The Hall–Kier alpha value is -2.23. The van der Waals surface area contributed by atoms with Crippen LogP contribution in [0, 0.1) is 0 Å². The summed E-state index contributed by atoms with van der Waals surface area (Å²) >= 11 is 0. The number of hydrogen-bond donors (Lipinski definition) is 1. The first-order valence-corrected chi connectivity index (χ1v) is 6.88. The molecule has 2 N–H and O–H groups in total.